The topological polar surface area (TPSA) is 105 Å². The smallest absolute Gasteiger partial charge is 0.345 e. The molecule has 8 nitrogen and oxygen atoms in total. The molecule has 0 aromatic heterocycles. The lowest BCUT2D eigenvalue weighted by molar-refractivity contribution is -0.385. The number of ketones is 1. The molecule has 0 radical (unpaired) electrons. The second-order valence-electron chi connectivity index (χ2n) is 4.05. The Bertz CT molecular complexity index is 581. The molecule has 20 heavy (non-hydrogen) atoms. The third-order valence-corrected chi connectivity index (χ3v) is 2.48. The lowest BCUT2D eigenvalue weighted by Gasteiger charge is -2.18. The number of nitro benzene ring substituents is 1. The standard InChI is InChI=1S/C12H11NO7/c1-7(14)6-20-12(15)8-4-10-11(19-3-2-18-10)5-9(8)13(16)17/h4-5H,2-3,6H2,1H3. The molecule has 0 unspecified atom stereocenters. The average Bonchev–Trinajstić information content (AvgIpc) is 2.43. The predicted octanol–water partition coefficient (Wildman–Crippen LogP) is 1.11. The highest BCUT2D eigenvalue weighted by molar-refractivity contribution is 5.96. The molecular weight excluding hydrogens is 270 g/mol. The number of nitrogens with zero attached hydrogens (tertiary/aromatic N) is 1. The highest BCUT2D eigenvalue weighted by Gasteiger charge is 2.27. The van der Waals surface area contributed by atoms with E-state index in [9.17, 15) is 19.7 Å². The summed E-state index contributed by atoms with van der Waals surface area (Å²) in [4.78, 5) is 32.8. The lowest BCUT2D eigenvalue weighted by atomic mass is 10.1. The van der Waals surface area contributed by atoms with Crippen LogP contribution in [0.5, 0.6) is 11.5 Å². The Labute approximate surface area is 113 Å². The molecule has 1 heterocycles. The van der Waals surface area contributed by atoms with Gasteiger partial charge in [-0.3, -0.25) is 14.9 Å². The summed E-state index contributed by atoms with van der Waals surface area (Å²) < 4.78 is 15.1. The first-order valence-corrected chi connectivity index (χ1v) is 5.73. The molecule has 0 N–H and O–H groups in total. The fraction of sp³-hybridized carbons (Fsp3) is 0.333. The van der Waals surface area contributed by atoms with Crippen molar-refractivity contribution < 1.29 is 28.7 Å². The summed E-state index contributed by atoms with van der Waals surface area (Å²) in [5, 5.41) is 11.0. The van der Waals surface area contributed by atoms with Crippen LogP contribution in [0.2, 0.25) is 0 Å². The average molecular weight is 281 g/mol. The molecule has 2 rings (SSSR count). The lowest BCUT2D eigenvalue weighted by Crippen LogP contribution is -2.18. The first kappa shape index (κ1) is 13.8. The van der Waals surface area contributed by atoms with Crippen LogP contribution < -0.4 is 9.47 Å². The number of hydrogen-bond donors (Lipinski definition) is 0. The summed E-state index contributed by atoms with van der Waals surface area (Å²) in [7, 11) is 0. The molecule has 0 saturated carbocycles. The number of nitro groups is 1. The van der Waals surface area contributed by atoms with E-state index < -0.39 is 23.2 Å². The fourth-order valence-electron chi connectivity index (χ4n) is 1.64. The minimum atomic E-state index is -0.955. The van der Waals surface area contributed by atoms with Crippen LogP contribution in [0, 0.1) is 10.1 Å². The molecule has 1 aliphatic heterocycles. The van der Waals surface area contributed by atoms with Crippen LogP contribution in [0.1, 0.15) is 17.3 Å². The van der Waals surface area contributed by atoms with Gasteiger partial charge in [-0.2, -0.15) is 0 Å². The molecule has 1 aromatic carbocycles. The summed E-state index contributed by atoms with van der Waals surface area (Å²) in [6.07, 6.45) is 0. The van der Waals surface area contributed by atoms with Crippen LogP contribution in [-0.4, -0.2) is 36.5 Å². The van der Waals surface area contributed by atoms with Crippen LogP contribution >= 0.6 is 0 Å². The van der Waals surface area contributed by atoms with E-state index in [1.165, 1.54) is 13.0 Å². The van der Waals surface area contributed by atoms with E-state index in [4.69, 9.17) is 9.47 Å². The Kier molecular flexibility index (Phi) is 3.83. The first-order chi connectivity index (χ1) is 9.49. The van der Waals surface area contributed by atoms with Crippen molar-refractivity contribution in [2.45, 2.75) is 6.92 Å². The van der Waals surface area contributed by atoms with Crippen molar-refractivity contribution in [1.82, 2.24) is 0 Å². The zero-order chi connectivity index (χ0) is 14.7. The van der Waals surface area contributed by atoms with Gasteiger partial charge in [0.25, 0.3) is 5.69 Å². The third kappa shape index (κ3) is 2.85. The maximum Gasteiger partial charge on any atom is 0.345 e. The van der Waals surface area contributed by atoms with E-state index in [1.54, 1.807) is 0 Å². The number of hydrogen-bond acceptors (Lipinski definition) is 7. The molecule has 0 bridgehead atoms. The third-order valence-electron chi connectivity index (χ3n) is 2.48. The Morgan fingerprint density at radius 3 is 2.45 bits per heavy atom. The van der Waals surface area contributed by atoms with E-state index >= 15 is 0 Å². The molecular formula is C12H11NO7. The van der Waals surface area contributed by atoms with Gasteiger partial charge in [0.2, 0.25) is 0 Å². The molecule has 0 fully saturated rings. The van der Waals surface area contributed by atoms with Gasteiger partial charge in [0.15, 0.2) is 17.3 Å². The summed E-state index contributed by atoms with van der Waals surface area (Å²) in [5.41, 5.74) is -0.733. The van der Waals surface area contributed by atoms with Crippen LogP contribution in [0.3, 0.4) is 0 Å². The van der Waals surface area contributed by atoms with Crippen molar-refractivity contribution in [1.29, 1.82) is 0 Å². The van der Waals surface area contributed by atoms with E-state index in [0.29, 0.717) is 0 Å². The molecule has 1 aromatic rings. The van der Waals surface area contributed by atoms with E-state index in [0.717, 1.165) is 6.07 Å². The molecule has 0 spiro atoms. The van der Waals surface area contributed by atoms with Gasteiger partial charge in [-0.05, 0) is 6.92 Å². The Balaban J connectivity index is 2.37. The normalized spacial score (nSPS) is 12.7. The molecule has 0 amide bonds. The maximum atomic E-state index is 11.8. The molecule has 0 atom stereocenters. The quantitative estimate of drug-likeness (QED) is 0.462. The zero-order valence-electron chi connectivity index (χ0n) is 10.6. The van der Waals surface area contributed by atoms with Crippen molar-refractivity contribution >= 4 is 17.4 Å². The van der Waals surface area contributed by atoms with Crippen molar-refractivity contribution in [2.75, 3.05) is 19.8 Å². The number of rotatable bonds is 4. The second kappa shape index (κ2) is 5.55. The number of benzene rings is 1. The Morgan fingerprint density at radius 2 is 1.90 bits per heavy atom. The molecule has 0 saturated heterocycles. The number of carbonyl (C=O) groups is 2. The van der Waals surface area contributed by atoms with E-state index in [-0.39, 0.29) is 36.1 Å². The number of fused-ring (bicyclic) bond motifs is 1. The van der Waals surface area contributed by atoms with Crippen LogP contribution in [0.15, 0.2) is 12.1 Å². The van der Waals surface area contributed by atoms with E-state index in [1.807, 2.05) is 0 Å². The molecule has 106 valence electrons. The molecule has 0 aliphatic carbocycles. The van der Waals surface area contributed by atoms with Crippen LogP contribution in [-0.2, 0) is 9.53 Å². The van der Waals surface area contributed by atoms with Gasteiger partial charge in [0, 0.05) is 6.07 Å². The number of Topliss-reactive ketones (excluding diaryl/α,β-unsaturated/α-hetero) is 1. The highest BCUT2D eigenvalue weighted by atomic mass is 16.6. The van der Waals surface area contributed by atoms with Gasteiger partial charge in [-0.25, -0.2) is 4.79 Å². The van der Waals surface area contributed by atoms with Gasteiger partial charge in [0.1, 0.15) is 25.4 Å². The van der Waals surface area contributed by atoms with Crippen molar-refractivity contribution in [2.24, 2.45) is 0 Å². The number of carbonyl (C=O) groups excluding carboxylic acids is 2. The van der Waals surface area contributed by atoms with Gasteiger partial charge in [-0.15, -0.1) is 0 Å². The van der Waals surface area contributed by atoms with Crippen LogP contribution in [0.25, 0.3) is 0 Å². The molecule has 1 aliphatic rings. The van der Waals surface area contributed by atoms with Crippen molar-refractivity contribution in [3.8, 4) is 11.5 Å². The maximum absolute atomic E-state index is 11.8. The van der Waals surface area contributed by atoms with Crippen molar-refractivity contribution in [3.63, 3.8) is 0 Å². The van der Waals surface area contributed by atoms with Gasteiger partial charge in [0.05, 0.1) is 11.0 Å². The van der Waals surface area contributed by atoms with Gasteiger partial charge < -0.3 is 14.2 Å². The zero-order valence-corrected chi connectivity index (χ0v) is 10.6. The summed E-state index contributed by atoms with van der Waals surface area (Å²) in [6, 6.07) is 2.30. The van der Waals surface area contributed by atoms with Gasteiger partial charge in [-0.1, -0.05) is 0 Å². The van der Waals surface area contributed by atoms with Gasteiger partial charge >= 0.3 is 5.97 Å². The van der Waals surface area contributed by atoms with Crippen molar-refractivity contribution in [3.05, 3.63) is 27.8 Å². The van der Waals surface area contributed by atoms with E-state index in [2.05, 4.69) is 4.74 Å². The minimum absolute atomic E-state index is 0.200. The summed E-state index contributed by atoms with van der Waals surface area (Å²) in [6.45, 7) is 1.36. The monoisotopic (exact) mass is 281 g/mol. The first-order valence-electron chi connectivity index (χ1n) is 5.73. The SMILES string of the molecule is CC(=O)COC(=O)c1cc2c(cc1[N+](=O)[O-])OCCO2. The minimum Gasteiger partial charge on any atom is -0.486 e. The Hall–Kier alpha value is -2.64. The number of ether oxygens (including phenoxy) is 3. The van der Waals surface area contributed by atoms with Crippen LogP contribution in [0.4, 0.5) is 5.69 Å². The predicted molar refractivity (Wildman–Crippen MR) is 65.0 cm³/mol. The molecule has 8 heteroatoms. The fourth-order valence-corrected chi connectivity index (χ4v) is 1.64. The largest absolute Gasteiger partial charge is 0.486 e. The second-order valence-corrected chi connectivity index (χ2v) is 4.05. The summed E-state index contributed by atoms with van der Waals surface area (Å²) >= 11 is 0. The number of esters is 1. The summed E-state index contributed by atoms with van der Waals surface area (Å²) in [5.74, 6) is -0.884. The Morgan fingerprint density at radius 1 is 1.30 bits per heavy atom. The highest BCUT2D eigenvalue weighted by Crippen LogP contribution is 2.36.